The van der Waals surface area contributed by atoms with Crippen LogP contribution in [0.5, 0.6) is 11.5 Å². The number of fused-ring (bicyclic) bond motifs is 3. The number of rotatable bonds is 18. The Labute approximate surface area is 359 Å². The smallest absolute Gasteiger partial charge is 0.179 e. The Morgan fingerprint density at radius 1 is 0.542 bits per heavy atom. The molecule has 59 heavy (non-hydrogen) atoms. The first-order chi connectivity index (χ1) is 27.4. The summed E-state index contributed by atoms with van der Waals surface area (Å²) in [6.45, 7) is 35.8. The third kappa shape index (κ3) is 9.35. The highest BCUT2D eigenvalue weighted by Gasteiger charge is 2.49. The maximum Gasteiger partial charge on any atom is 0.179 e. The normalized spacial score (nSPS) is 18.9. The van der Waals surface area contributed by atoms with Gasteiger partial charge in [-0.05, 0) is 145 Å². The molecule has 0 N–H and O–H groups in total. The van der Waals surface area contributed by atoms with E-state index in [1.807, 2.05) is 0 Å². The molecule has 3 aliphatic rings. The zero-order valence-electron chi connectivity index (χ0n) is 38.4. The lowest BCUT2D eigenvalue weighted by Crippen LogP contribution is -2.50. The molecule has 2 atom stereocenters. The lowest BCUT2D eigenvalue weighted by Gasteiger charge is -2.44. The van der Waals surface area contributed by atoms with E-state index in [-0.39, 0.29) is 22.3 Å². The molecular formula is C49H70O6Si4. The molecule has 0 amide bonds. The van der Waals surface area contributed by atoms with Crippen LogP contribution in [0.2, 0.25) is 75.5 Å². The third-order valence-corrected chi connectivity index (χ3v) is 29.1. The molecular weight excluding hydrogens is 797 g/mol. The van der Waals surface area contributed by atoms with Crippen LogP contribution in [0.15, 0.2) is 84.9 Å². The maximum absolute atomic E-state index is 7.07. The SMILES string of the molecule is CC(C)(Cc1cc(C2(c3ccc(OCC4CO4)c(CC(C)(C)[Si](C)(C)O[Si](C)(C)C)c3)c3ccccc3-c3ccccc32)ccc1OCC1CO1)[Si](C)(C)O[Si](C)(C)C. The van der Waals surface area contributed by atoms with Crippen molar-refractivity contribution in [1.82, 2.24) is 0 Å². The molecule has 0 saturated carbocycles. The van der Waals surface area contributed by atoms with Gasteiger partial charge in [-0.25, -0.2) is 0 Å². The molecule has 0 aromatic heterocycles. The average molecular weight is 867 g/mol. The molecule has 4 aromatic rings. The highest BCUT2D eigenvalue weighted by Crippen LogP contribution is 2.58. The van der Waals surface area contributed by atoms with E-state index in [0.29, 0.717) is 13.2 Å². The van der Waals surface area contributed by atoms with Gasteiger partial charge in [0, 0.05) is 0 Å². The van der Waals surface area contributed by atoms with E-state index in [0.717, 1.165) is 37.6 Å². The fourth-order valence-electron chi connectivity index (χ4n) is 9.09. The predicted octanol–water partition coefficient (Wildman–Crippen LogP) is 12.4. The molecule has 10 heteroatoms. The number of epoxide rings is 2. The molecule has 2 saturated heterocycles. The van der Waals surface area contributed by atoms with E-state index in [2.05, 4.69) is 178 Å². The van der Waals surface area contributed by atoms with Gasteiger partial charge in [-0.15, -0.1) is 0 Å². The maximum atomic E-state index is 7.07. The van der Waals surface area contributed by atoms with Crippen LogP contribution >= 0.6 is 0 Å². The van der Waals surface area contributed by atoms with E-state index >= 15 is 0 Å². The Bertz CT molecular complexity index is 2000. The van der Waals surface area contributed by atoms with Crippen LogP contribution in [0.4, 0.5) is 0 Å². The van der Waals surface area contributed by atoms with Crippen LogP contribution in [-0.2, 0) is 36.0 Å². The highest BCUT2D eigenvalue weighted by atomic mass is 28.4. The largest absolute Gasteiger partial charge is 0.491 e. The van der Waals surface area contributed by atoms with Crippen molar-refractivity contribution in [3.63, 3.8) is 0 Å². The highest BCUT2D eigenvalue weighted by molar-refractivity contribution is 6.86. The minimum absolute atomic E-state index is 0.0730. The van der Waals surface area contributed by atoms with Crippen molar-refractivity contribution < 1.29 is 27.2 Å². The Balaban J connectivity index is 1.44. The quantitative estimate of drug-likeness (QED) is 0.0646. The standard InChI is InChI=1S/C49H70O6Si4/c1-47(2,58(11,12)54-56(5,6)7)29-35-27-37(23-25-45(35)52-33-39-31-50-39)49(43-21-17-15-19-41(43)42-20-16-18-22-44(42)49)38-24-26-46(53-34-40-32-51-40)36(28-38)30-48(3,4)59(13,14)55-57(8,9)10/h15-28,39-40H,29-34H2,1-14H3. The third-order valence-electron chi connectivity index (χ3n) is 13.2. The van der Waals surface area contributed by atoms with Crippen LogP contribution in [0, 0.1) is 0 Å². The average Bonchev–Trinajstić information content (AvgIpc) is 4.06. The molecule has 318 valence electrons. The molecule has 2 fully saturated rings. The van der Waals surface area contributed by atoms with Crippen LogP contribution in [-0.4, -0.2) is 71.9 Å². The van der Waals surface area contributed by atoms with Crippen molar-refractivity contribution in [3.8, 4) is 22.6 Å². The van der Waals surface area contributed by atoms with Gasteiger partial charge in [0.05, 0.1) is 18.6 Å². The second-order valence-corrected chi connectivity index (χ2v) is 40.4. The van der Waals surface area contributed by atoms with Crippen molar-refractivity contribution in [2.75, 3.05) is 26.4 Å². The minimum Gasteiger partial charge on any atom is -0.491 e. The first kappa shape index (κ1) is 44.3. The van der Waals surface area contributed by atoms with E-state index in [1.54, 1.807) is 0 Å². The van der Waals surface area contributed by atoms with Gasteiger partial charge in [-0.3, -0.25) is 0 Å². The molecule has 4 aromatic carbocycles. The lowest BCUT2D eigenvalue weighted by molar-refractivity contribution is 0.260. The van der Waals surface area contributed by atoms with E-state index < -0.39 is 38.7 Å². The van der Waals surface area contributed by atoms with Crippen LogP contribution in [0.3, 0.4) is 0 Å². The van der Waals surface area contributed by atoms with E-state index in [4.69, 9.17) is 27.2 Å². The Kier molecular flexibility index (Phi) is 11.9. The first-order valence-corrected chi connectivity index (χ1v) is 34.4. The van der Waals surface area contributed by atoms with Crippen LogP contribution in [0.25, 0.3) is 11.1 Å². The molecule has 6 nitrogen and oxygen atoms in total. The van der Waals surface area contributed by atoms with Crippen LogP contribution in [0.1, 0.15) is 61.1 Å². The van der Waals surface area contributed by atoms with Crippen molar-refractivity contribution in [1.29, 1.82) is 0 Å². The lowest BCUT2D eigenvalue weighted by atomic mass is 9.67. The van der Waals surface area contributed by atoms with Gasteiger partial charge >= 0.3 is 0 Å². The molecule has 2 aliphatic heterocycles. The van der Waals surface area contributed by atoms with Gasteiger partial charge in [0.15, 0.2) is 33.3 Å². The van der Waals surface area contributed by atoms with Gasteiger partial charge in [0.2, 0.25) is 0 Å². The molecule has 7 rings (SSSR count). The summed E-state index contributed by atoms with van der Waals surface area (Å²) < 4.78 is 38.7. The number of hydrogen-bond acceptors (Lipinski definition) is 6. The summed E-state index contributed by atoms with van der Waals surface area (Å²) in [5.41, 5.74) is 9.47. The summed E-state index contributed by atoms with van der Waals surface area (Å²) in [6, 6.07) is 32.1. The summed E-state index contributed by atoms with van der Waals surface area (Å²) >= 11 is 0. The Morgan fingerprint density at radius 2 is 0.898 bits per heavy atom. The molecule has 0 bridgehead atoms. The topological polar surface area (TPSA) is 62.0 Å². The van der Waals surface area contributed by atoms with Crippen molar-refractivity contribution in [2.24, 2.45) is 0 Å². The van der Waals surface area contributed by atoms with Gasteiger partial charge in [-0.1, -0.05) is 100 Å². The summed E-state index contributed by atoms with van der Waals surface area (Å²) in [5, 5.41) is -0.146. The molecule has 0 spiro atoms. The number of benzene rings is 4. The fourth-order valence-corrected chi connectivity index (χ4v) is 24.8. The summed E-state index contributed by atoms with van der Waals surface area (Å²) in [5.74, 6) is 1.88. The van der Waals surface area contributed by atoms with Gasteiger partial charge < -0.3 is 27.2 Å². The first-order valence-electron chi connectivity index (χ1n) is 21.8. The van der Waals surface area contributed by atoms with Crippen LogP contribution < -0.4 is 9.47 Å². The minimum atomic E-state index is -2.18. The molecule has 1 aliphatic carbocycles. The molecule has 2 unspecified atom stereocenters. The van der Waals surface area contributed by atoms with Crippen molar-refractivity contribution in [2.45, 2.75) is 134 Å². The monoisotopic (exact) mass is 866 g/mol. The van der Waals surface area contributed by atoms with Gasteiger partial charge in [0.25, 0.3) is 0 Å². The second kappa shape index (κ2) is 15.8. The predicted molar refractivity (Wildman–Crippen MR) is 254 cm³/mol. The van der Waals surface area contributed by atoms with E-state index in [1.165, 1.54) is 44.5 Å². The van der Waals surface area contributed by atoms with Gasteiger partial charge in [0.1, 0.15) is 36.9 Å². The van der Waals surface area contributed by atoms with Gasteiger partial charge in [-0.2, -0.15) is 0 Å². The Hall–Kier alpha value is -2.81. The van der Waals surface area contributed by atoms with Crippen molar-refractivity contribution >= 4 is 33.3 Å². The summed E-state index contributed by atoms with van der Waals surface area (Å²) in [7, 11) is -7.93. The zero-order chi connectivity index (χ0) is 42.8. The fraction of sp³-hybridized carbons (Fsp3) is 0.510. The zero-order valence-corrected chi connectivity index (χ0v) is 42.4. The summed E-state index contributed by atoms with van der Waals surface area (Å²) in [4.78, 5) is 0. The second-order valence-electron chi connectivity index (χ2n) is 21.6. The number of hydrogen-bond donors (Lipinski definition) is 0. The van der Waals surface area contributed by atoms with Crippen molar-refractivity contribution in [3.05, 3.63) is 118 Å². The Morgan fingerprint density at radius 3 is 1.24 bits per heavy atom. The van der Waals surface area contributed by atoms with E-state index in [9.17, 15) is 0 Å². The summed E-state index contributed by atoms with van der Waals surface area (Å²) in [6.07, 6.45) is 2.01. The molecule has 0 radical (unpaired) electrons. The number of ether oxygens (including phenoxy) is 4. The molecule has 2 heterocycles.